The molecule has 2 N–H and O–H groups in total. The molecule has 0 spiro atoms. The lowest BCUT2D eigenvalue weighted by atomic mass is 9.85. The Hall–Kier alpha value is -2.28. The maximum atomic E-state index is 13.6. The van der Waals surface area contributed by atoms with E-state index in [2.05, 4.69) is 0 Å². The summed E-state index contributed by atoms with van der Waals surface area (Å²) in [5.41, 5.74) is 4.17. The maximum Gasteiger partial charge on any atom is 0.419 e. The molecule has 0 unspecified atom stereocenters. The van der Waals surface area contributed by atoms with Gasteiger partial charge in [-0.3, -0.25) is 0 Å². The van der Waals surface area contributed by atoms with E-state index >= 15 is 0 Å². The van der Waals surface area contributed by atoms with E-state index < -0.39 is 23.2 Å². The first-order valence-electron chi connectivity index (χ1n) is 7.80. The van der Waals surface area contributed by atoms with Crippen molar-refractivity contribution in [2.75, 3.05) is 18.9 Å². The Morgan fingerprint density at radius 1 is 1.00 bits per heavy atom. The van der Waals surface area contributed by atoms with Crippen molar-refractivity contribution in [3.8, 4) is 5.75 Å². The van der Waals surface area contributed by atoms with Crippen LogP contribution in [0.5, 0.6) is 5.75 Å². The first kappa shape index (κ1) is 17.5. The molecule has 134 valence electrons. The van der Waals surface area contributed by atoms with Crippen molar-refractivity contribution in [3.63, 3.8) is 0 Å². The SMILES string of the molecule is Nc1ccc(OC2(c3ccc(F)c(C(F)(F)F)c3)CCOCC2)cc1. The van der Waals surface area contributed by atoms with Crippen molar-refractivity contribution in [2.45, 2.75) is 24.6 Å². The highest BCUT2D eigenvalue weighted by atomic mass is 19.4. The summed E-state index contributed by atoms with van der Waals surface area (Å²) in [4.78, 5) is 0. The summed E-state index contributed by atoms with van der Waals surface area (Å²) in [6.45, 7) is 0.682. The molecule has 2 aromatic rings. The summed E-state index contributed by atoms with van der Waals surface area (Å²) in [6, 6.07) is 9.61. The molecule has 0 atom stereocenters. The van der Waals surface area contributed by atoms with Crippen LogP contribution in [0.2, 0.25) is 0 Å². The topological polar surface area (TPSA) is 44.5 Å². The molecule has 0 amide bonds. The van der Waals surface area contributed by atoms with Gasteiger partial charge in [0.2, 0.25) is 0 Å². The lowest BCUT2D eigenvalue weighted by Crippen LogP contribution is -2.39. The number of nitrogen functional groups attached to an aromatic ring is 1. The monoisotopic (exact) mass is 355 g/mol. The molecule has 0 aromatic heterocycles. The lowest BCUT2D eigenvalue weighted by Gasteiger charge is -2.38. The molecule has 1 fully saturated rings. The Morgan fingerprint density at radius 3 is 2.24 bits per heavy atom. The summed E-state index contributed by atoms with van der Waals surface area (Å²) in [5, 5.41) is 0. The molecule has 0 radical (unpaired) electrons. The normalized spacial score (nSPS) is 17.3. The smallest absolute Gasteiger partial charge is 0.419 e. The second-order valence-electron chi connectivity index (χ2n) is 5.97. The van der Waals surface area contributed by atoms with E-state index in [0.29, 0.717) is 37.5 Å². The summed E-state index contributed by atoms with van der Waals surface area (Å²) >= 11 is 0. The fourth-order valence-corrected chi connectivity index (χ4v) is 2.94. The molecule has 7 heteroatoms. The van der Waals surface area contributed by atoms with Crippen molar-refractivity contribution in [2.24, 2.45) is 0 Å². The summed E-state index contributed by atoms with van der Waals surface area (Å²) < 4.78 is 64.2. The van der Waals surface area contributed by atoms with Gasteiger partial charge in [0, 0.05) is 18.5 Å². The van der Waals surface area contributed by atoms with Crippen molar-refractivity contribution in [3.05, 3.63) is 59.4 Å². The van der Waals surface area contributed by atoms with Crippen molar-refractivity contribution >= 4 is 5.69 Å². The van der Waals surface area contributed by atoms with Crippen molar-refractivity contribution in [1.82, 2.24) is 0 Å². The molecule has 1 aliphatic heterocycles. The largest absolute Gasteiger partial charge is 0.482 e. The summed E-state index contributed by atoms with van der Waals surface area (Å²) in [7, 11) is 0. The number of nitrogens with two attached hydrogens (primary N) is 1. The molecule has 25 heavy (non-hydrogen) atoms. The minimum atomic E-state index is -4.77. The molecule has 3 rings (SSSR count). The molecule has 1 aliphatic rings. The second-order valence-corrected chi connectivity index (χ2v) is 5.97. The fourth-order valence-electron chi connectivity index (χ4n) is 2.94. The van der Waals surface area contributed by atoms with Crippen molar-refractivity contribution < 1.29 is 27.0 Å². The number of hydrogen-bond donors (Lipinski definition) is 1. The van der Waals surface area contributed by atoms with E-state index in [0.717, 1.165) is 12.1 Å². The van der Waals surface area contributed by atoms with Crippen LogP contribution in [-0.2, 0) is 16.5 Å². The minimum absolute atomic E-state index is 0.279. The molecular weight excluding hydrogens is 338 g/mol. The predicted molar refractivity (Wildman–Crippen MR) is 84.6 cm³/mol. The van der Waals surface area contributed by atoms with E-state index in [4.69, 9.17) is 15.2 Å². The minimum Gasteiger partial charge on any atom is -0.482 e. The standard InChI is InChI=1S/C18H17F4NO2/c19-16-6-1-12(11-15(16)18(20,21)22)17(7-9-24-10-8-17)25-14-4-2-13(23)3-5-14/h1-6,11H,7-10,23H2. The van der Waals surface area contributed by atoms with Crippen LogP contribution in [0.3, 0.4) is 0 Å². The quantitative estimate of drug-likeness (QED) is 0.651. The third-order valence-corrected chi connectivity index (χ3v) is 4.29. The first-order chi connectivity index (χ1) is 11.8. The summed E-state index contributed by atoms with van der Waals surface area (Å²) in [5.74, 6) is -0.820. The zero-order valence-corrected chi connectivity index (χ0v) is 13.3. The van der Waals surface area contributed by atoms with E-state index in [9.17, 15) is 17.6 Å². The van der Waals surface area contributed by atoms with Gasteiger partial charge in [0.25, 0.3) is 0 Å². The van der Waals surface area contributed by atoms with Gasteiger partial charge in [-0.05, 0) is 42.0 Å². The first-order valence-corrected chi connectivity index (χ1v) is 7.80. The van der Waals surface area contributed by atoms with Crippen LogP contribution >= 0.6 is 0 Å². The van der Waals surface area contributed by atoms with Crippen LogP contribution in [0.4, 0.5) is 23.2 Å². The van der Waals surface area contributed by atoms with Gasteiger partial charge in [0.1, 0.15) is 17.2 Å². The molecule has 0 aliphatic carbocycles. The van der Waals surface area contributed by atoms with Gasteiger partial charge >= 0.3 is 6.18 Å². The molecule has 2 aromatic carbocycles. The Labute approximate surface area is 142 Å². The van der Waals surface area contributed by atoms with Gasteiger partial charge in [-0.1, -0.05) is 6.07 Å². The number of rotatable bonds is 3. The highest BCUT2D eigenvalue weighted by Crippen LogP contribution is 2.40. The van der Waals surface area contributed by atoms with Crippen LogP contribution in [0, 0.1) is 5.82 Å². The molecule has 3 nitrogen and oxygen atoms in total. The van der Waals surface area contributed by atoms with Gasteiger partial charge in [-0.2, -0.15) is 13.2 Å². The highest BCUT2D eigenvalue weighted by Gasteiger charge is 2.40. The third kappa shape index (κ3) is 3.71. The van der Waals surface area contributed by atoms with Crippen LogP contribution in [0.25, 0.3) is 0 Å². The number of benzene rings is 2. The molecule has 1 heterocycles. The van der Waals surface area contributed by atoms with E-state index in [-0.39, 0.29) is 5.56 Å². The maximum absolute atomic E-state index is 13.6. The van der Waals surface area contributed by atoms with E-state index in [1.807, 2.05) is 0 Å². The molecule has 1 saturated heterocycles. The Morgan fingerprint density at radius 2 is 1.64 bits per heavy atom. The Bertz CT molecular complexity index is 738. The molecule has 0 saturated carbocycles. The average molecular weight is 355 g/mol. The predicted octanol–water partition coefficient (Wildman–Crippen LogP) is 4.51. The zero-order chi connectivity index (χ0) is 18.1. The van der Waals surface area contributed by atoms with Crippen LogP contribution in [-0.4, -0.2) is 13.2 Å². The number of hydrogen-bond acceptors (Lipinski definition) is 3. The average Bonchev–Trinajstić information content (AvgIpc) is 2.57. The van der Waals surface area contributed by atoms with Gasteiger partial charge in [-0.25, -0.2) is 4.39 Å². The number of halogens is 4. The molecule has 0 bridgehead atoms. The Balaban J connectivity index is 2.02. The van der Waals surface area contributed by atoms with Gasteiger partial charge in [0.15, 0.2) is 0 Å². The van der Waals surface area contributed by atoms with Crippen LogP contribution in [0.1, 0.15) is 24.0 Å². The molecular formula is C18H17F4NO2. The van der Waals surface area contributed by atoms with Crippen LogP contribution in [0.15, 0.2) is 42.5 Å². The van der Waals surface area contributed by atoms with E-state index in [1.165, 1.54) is 6.07 Å². The third-order valence-electron chi connectivity index (χ3n) is 4.29. The zero-order valence-electron chi connectivity index (χ0n) is 13.3. The van der Waals surface area contributed by atoms with Crippen LogP contribution < -0.4 is 10.5 Å². The van der Waals surface area contributed by atoms with E-state index in [1.54, 1.807) is 24.3 Å². The highest BCUT2D eigenvalue weighted by molar-refractivity contribution is 5.42. The number of anilines is 1. The number of ether oxygens (including phenoxy) is 2. The number of alkyl halides is 3. The Kier molecular flexibility index (Phi) is 4.60. The lowest BCUT2D eigenvalue weighted by molar-refractivity contribution is -0.140. The fraction of sp³-hybridized carbons (Fsp3) is 0.333. The van der Waals surface area contributed by atoms with Gasteiger partial charge < -0.3 is 15.2 Å². The van der Waals surface area contributed by atoms with Gasteiger partial charge in [-0.15, -0.1) is 0 Å². The summed E-state index contributed by atoms with van der Waals surface area (Å²) in [6.07, 6.45) is -4.05. The van der Waals surface area contributed by atoms with Gasteiger partial charge in [0.05, 0.1) is 18.8 Å². The second kappa shape index (κ2) is 6.55. The van der Waals surface area contributed by atoms with Crippen molar-refractivity contribution in [1.29, 1.82) is 0 Å².